The molecule has 0 spiro atoms. The zero-order valence-electron chi connectivity index (χ0n) is 9.10. The molecular weight excluding hydrogens is 339 g/mol. The van der Waals surface area contributed by atoms with Crippen molar-refractivity contribution >= 4 is 25.8 Å². The summed E-state index contributed by atoms with van der Waals surface area (Å²) in [6.07, 6.45) is 2.56. The Kier molecular flexibility index (Phi) is 6.06. The number of carboxylic acid groups (broad SMARTS) is 1. The molecule has 0 bridgehead atoms. The molecule has 1 fully saturated rings. The Balaban J connectivity index is 0.000000239. The zero-order valence-corrected chi connectivity index (χ0v) is 11.3. The maximum absolute atomic E-state index is 10.6. The molecule has 1 aromatic rings. The van der Waals surface area contributed by atoms with E-state index in [0.717, 1.165) is 13.2 Å². The van der Waals surface area contributed by atoms with Gasteiger partial charge in [0.05, 0.1) is 9.13 Å². The standard InChI is InChI=1S/C7H5IO4.C4H8O/c9-7(10)5-3-1-2-4-6(5)8(11)12;1-2-4-5-3-1/h1-4H,(H,9,10);1-4H2. The number of carbonyl (C=O) groups is 1. The van der Waals surface area contributed by atoms with Gasteiger partial charge in [0, 0.05) is 13.2 Å². The van der Waals surface area contributed by atoms with Crippen molar-refractivity contribution in [3.63, 3.8) is 0 Å². The number of carboxylic acids is 1. The summed E-state index contributed by atoms with van der Waals surface area (Å²) >= 11 is -3.67. The molecule has 6 heteroatoms. The molecule has 94 valence electrons. The number of aromatic carboxylic acids is 1. The van der Waals surface area contributed by atoms with Gasteiger partial charge in [-0.1, -0.05) is 12.1 Å². The van der Waals surface area contributed by atoms with Crippen LogP contribution in [0.2, 0.25) is 0 Å². The number of benzene rings is 1. The first kappa shape index (κ1) is 14.0. The zero-order chi connectivity index (χ0) is 12.7. The first-order valence-corrected chi connectivity index (χ1v) is 7.92. The van der Waals surface area contributed by atoms with E-state index in [1.165, 1.54) is 37.1 Å². The van der Waals surface area contributed by atoms with Crippen molar-refractivity contribution in [1.29, 1.82) is 0 Å². The topological polar surface area (TPSA) is 80.7 Å². The minimum absolute atomic E-state index is 0.0609. The van der Waals surface area contributed by atoms with Crippen LogP contribution in [0.5, 0.6) is 0 Å². The normalized spacial score (nSPS) is 14.2. The fraction of sp³-hybridized carbons (Fsp3) is 0.364. The Morgan fingerprint density at radius 2 is 1.76 bits per heavy atom. The van der Waals surface area contributed by atoms with E-state index in [2.05, 4.69) is 0 Å². The molecule has 5 nitrogen and oxygen atoms in total. The second kappa shape index (κ2) is 7.33. The Morgan fingerprint density at radius 3 is 2.12 bits per heavy atom. The molecular formula is C11H13IO5. The lowest BCUT2D eigenvalue weighted by molar-refractivity contribution is 0.0695. The average molecular weight is 352 g/mol. The summed E-state index contributed by atoms with van der Waals surface area (Å²) in [7, 11) is 0. The minimum Gasteiger partial charge on any atom is -0.478 e. The van der Waals surface area contributed by atoms with Gasteiger partial charge in [0.2, 0.25) is 0 Å². The molecule has 17 heavy (non-hydrogen) atoms. The average Bonchev–Trinajstić information content (AvgIpc) is 2.87. The summed E-state index contributed by atoms with van der Waals surface area (Å²) in [5.74, 6) is -1.21. The fourth-order valence-electron chi connectivity index (χ4n) is 1.28. The maximum Gasteiger partial charge on any atom is 0.341 e. The Labute approximate surface area is 106 Å². The second-order valence-corrected chi connectivity index (χ2v) is 5.72. The van der Waals surface area contributed by atoms with Crippen LogP contribution in [-0.2, 0) is 10.9 Å². The van der Waals surface area contributed by atoms with Gasteiger partial charge in [-0.3, -0.25) is 0 Å². The van der Waals surface area contributed by atoms with E-state index in [1.54, 1.807) is 0 Å². The van der Waals surface area contributed by atoms with Crippen molar-refractivity contribution in [3.05, 3.63) is 33.4 Å². The van der Waals surface area contributed by atoms with Gasteiger partial charge in [0.1, 0.15) is 0 Å². The van der Waals surface area contributed by atoms with Crippen molar-refractivity contribution in [2.45, 2.75) is 12.8 Å². The van der Waals surface area contributed by atoms with Crippen LogP contribution in [0.4, 0.5) is 0 Å². The Hall–Kier alpha value is -1.02. The predicted octanol–water partition coefficient (Wildman–Crippen LogP) is 2.55. The molecule has 1 saturated heterocycles. The number of ether oxygens (including phenoxy) is 1. The third-order valence-electron chi connectivity index (χ3n) is 2.10. The van der Waals surface area contributed by atoms with Crippen LogP contribution in [0, 0.1) is 3.57 Å². The summed E-state index contributed by atoms with van der Waals surface area (Å²) in [5.41, 5.74) is -0.146. The van der Waals surface area contributed by atoms with Gasteiger partial charge < -0.3 is 9.84 Å². The molecule has 0 unspecified atom stereocenters. The van der Waals surface area contributed by atoms with Gasteiger partial charge in [-0.15, -0.1) is 0 Å². The van der Waals surface area contributed by atoms with Gasteiger partial charge in [-0.2, -0.15) is 0 Å². The summed E-state index contributed by atoms with van der Waals surface area (Å²) in [6.45, 7) is 2.00. The number of halogens is 1. The van der Waals surface area contributed by atoms with Crippen LogP contribution in [0.1, 0.15) is 23.2 Å². The van der Waals surface area contributed by atoms with Gasteiger partial charge >= 0.3 is 25.8 Å². The van der Waals surface area contributed by atoms with Crippen LogP contribution in [0.3, 0.4) is 0 Å². The lowest BCUT2D eigenvalue weighted by atomic mass is 10.2. The molecule has 1 aromatic carbocycles. The SMILES string of the molecule is C1CCOC1.O=C(O)c1ccccc1I(=O)=O. The Bertz CT molecular complexity index is 433. The van der Waals surface area contributed by atoms with Crippen LogP contribution >= 0.6 is 19.8 Å². The highest BCUT2D eigenvalue weighted by molar-refractivity contribution is 14.2. The molecule has 1 aliphatic rings. The monoisotopic (exact) mass is 352 g/mol. The van der Waals surface area contributed by atoms with Gasteiger partial charge in [-0.05, 0) is 25.0 Å². The van der Waals surface area contributed by atoms with E-state index in [1.807, 2.05) is 0 Å². The molecule has 0 atom stereocenters. The lowest BCUT2D eigenvalue weighted by Crippen LogP contribution is -1.98. The van der Waals surface area contributed by atoms with Crippen LogP contribution in [0.15, 0.2) is 24.3 Å². The molecule has 1 heterocycles. The quantitative estimate of drug-likeness (QED) is 0.828. The smallest absolute Gasteiger partial charge is 0.341 e. The van der Waals surface area contributed by atoms with Crippen LogP contribution in [-0.4, -0.2) is 24.3 Å². The van der Waals surface area contributed by atoms with E-state index >= 15 is 0 Å². The highest BCUT2D eigenvalue weighted by atomic mass is 127. The van der Waals surface area contributed by atoms with Crippen molar-refractivity contribution in [1.82, 2.24) is 0 Å². The second-order valence-electron chi connectivity index (χ2n) is 3.32. The minimum atomic E-state index is -3.67. The Morgan fingerprint density at radius 1 is 1.18 bits per heavy atom. The molecule has 0 aromatic heterocycles. The first-order valence-electron chi connectivity index (χ1n) is 5.08. The van der Waals surface area contributed by atoms with E-state index in [0.29, 0.717) is 0 Å². The molecule has 0 amide bonds. The molecule has 0 aliphatic carbocycles. The number of hydrogen-bond acceptors (Lipinski definition) is 4. The van der Waals surface area contributed by atoms with Crippen LogP contribution < -0.4 is 0 Å². The highest BCUT2D eigenvalue weighted by Gasteiger charge is 2.11. The van der Waals surface area contributed by atoms with Gasteiger partial charge in [0.15, 0.2) is 0 Å². The van der Waals surface area contributed by atoms with Crippen molar-refractivity contribution in [3.8, 4) is 0 Å². The predicted molar refractivity (Wildman–Crippen MR) is 67.5 cm³/mol. The summed E-state index contributed by atoms with van der Waals surface area (Å²) in [4.78, 5) is 10.5. The molecule has 1 N–H and O–H groups in total. The lowest BCUT2D eigenvalue weighted by Gasteiger charge is -1.94. The third-order valence-corrected chi connectivity index (χ3v) is 3.99. The molecule has 2 rings (SSSR count). The highest BCUT2D eigenvalue weighted by Crippen LogP contribution is 2.20. The van der Waals surface area contributed by atoms with Crippen molar-refractivity contribution in [2.75, 3.05) is 13.2 Å². The summed E-state index contributed by atoms with van der Waals surface area (Å²) in [6, 6.07) is 5.57. The maximum atomic E-state index is 10.6. The van der Waals surface area contributed by atoms with Crippen LogP contribution in [0.25, 0.3) is 0 Å². The third kappa shape index (κ3) is 4.78. The van der Waals surface area contributed by atoms with Gasteiger partial charge in [0.25, 0.3) is 0 Å². The molecule has 0 radical (unpaired) electrons. The number of rotatable bonds is 2. The van der Waals surface area contributed by atoms with E-state index in [4.69, 9.17) is 9.84 Å². The van der Waals surface area contributed by atoms with Gasteiger partial charge in [-0.25, -0.2) is 10.9 Å². The molecule has 1 aliphatic heterocycles. The van der Waals surface area contributed by atoms with E-state index in [9.17, 15) is 10.9 Å². The number of hydrogen-bond donors (Lipinski definition) is 1. The van der Waals surface area contributed by atoms with E-state index < -0.39 is 25.8 Å². The first-order chi connectivity index (χ1) is 8.13. The summed E-state index contributed by atoms with van der Waals surface area (Å²) < 4.78 is 26.1. The van der Waals surface area contributed by atoms with Crippen molar-refractivity contribution < 1.29 is 20.8 Å². The van der Waals surface area contributed by atoms with E-state index in [-0.39, 0.29) is 9.13 Å². The largest absolute Gasteiger partial charge is 0.478 e. The fourth-order valence-corrected chi connectivity index (χ4v) is 2.67. The summed E-state index contributed by atoms with van der Waals surface area (Å²) in [5, 5.41) is 8.56. The van der Waals surface area contributed by atoms with Crippen molar-refractivity contribution in [2.24, 2.45) is 0 Å². The molecule has 0 saturated carbocycles.